The molecular weight excluding hydrogens is 290 g/mol. The van der Waals surface area contributed by atoms with Crippen molar-refractivity contribution < 1.29 is 9.53 Å². The van der Waals surface area contributed by atoms with E-state index < -0.39 is 6.09 Å². The second kappa shape index (κ2) is 5.80. The molecule has 2 N–H and O–H groups in total. The van der Waals surface area contributed by atoms with Crippen molar-refractivity contribution >= 4 is 34.8 Å². The number of nitrogens with one attached hydrogen (secondary N) is 2. The van der Waals surface area contributed by atoms with Gasteiger partial charge in [0.2, 0.25) is 5.95 Å². The molecule has 0 aliphatic carbocycles. The normalized spacial score (nSPS) is 10.5. The van der Waals surface area contributed by atoms with E-state index >= 15 is 0 Å². The van der Waals surface area contributed by atoms with E-state index in [1.54, 1.807) is 18.6 Å². The van der Waals surface area contributed by atoms with Crippen molar-refractivity contribution in [1.29, 1.82) is 0 Å². The van der Waals surface area contributed by atoms with Gasteiger partial charge in [0.05, 0.1) is 24.3 Å². The molecule has 0 bridgehead atoms. The number of anilines is 1. The van der Waals surface area contributed by atoms with Crippen molar-refractivity contribution in [1.82, 2.24) is 19.9 Å². The molecule has 0 aliphatic heterocycles. The highest BCUT2D eigenvalue weighted by atomic mass is 32.2. The molecule has 3 aromatic rings. The van der Waals surface area contributed by atoms with Gasteiger partial charge in [-0.05, 0) is 18.2 Å². The van der Waals surface area contributed by atoms with Crippen LogP contribution in [0.3, 0.4) is 0 Å². The van der Waals surface area contributed by atoms with Crippen LogP contribution in [-0.2, 0) is 4.74 Å². The van der Waals surface area contributed by atoms with Crippen molar-refractivity contribution in [2.24, 2.45) is 0 Å². The number of aromatic amines is 1. The van der Waals surface area contributed by atoms with Crippen molar-refractivity contribution in [3.63, 3.8) is 0 Å². The summed E-state index contributed by atoms with van der Waals surface area (Å²) in [6.45, 7) is 0. The van der Waals surface area contributed by atoms with Gasteiger partial charge in [0.15, 0.2) is 0 Å². The van der Waals surface area contributed by atoms with Crippen molar-refractivity contribution in [3.8, 4) is 0 Å². The van der Waals surface area contributed by atoms with E-state index in [-0.39, 0.29) is 0 Å². The maximum atomic E-state index is 11.2. The fourth-order valence-electron chi connectivity index (χ4n) is 1.71. The molecule has 8 heteroatoms. The van der Waals surface area contributed by atoms with Crippen LogP contribution < -0.4 is 5.32 Å². The Balaban J connectivity index is 1.84. The standard InChI is InChI=1S/C13H11N5O2S/c1-20-13(19)18-12-16-9-3-2-8(6-10(9)17-12)21-11-7-14-4-5-15-11/h2-7H,1H3,(H2,16,17,18,19). The molecule has 0 fully saturated rings. The zero-order chi connectivity index (χ0) is 14.7. The minimum absolute atomic E-state index is 0.346. The zero-order valence-corrected chi connectivity index (χ0v) is 11.8. The fraction of sp³-hybridized carbons (Fsp3) is 0.0769. The molecule has 0 saturated carbocycles. The van der Waals surface area contributed by atoms with Gasteiger partial charge in [-0.25, -0.2) is 14.8 Å². The van der Waals surface area contributed by atoms with E-state index in [2.05, 4.69) is 30.0 Å². The van der Waals surface area contributed by atoms with Gasteiger partial charge in [-0.3, -0.25) is 10.3 Å². The van der Waals surface area contributed by atoms with Crippen LogP contribution in [0.25, 0.3) is 11.0 Å². The van der Waals surface area contributed by atoms with E-state index in [0.717, 1.165) is 21.0 Å². The summed E-state index contributed by atoms with van der Waals surface area (Å²) in [5.41, 5.74) is 1.57. The van der Waals surface area contributed by atoms with Crippen LogP contribution in [0.2, 0.25) is 0 Å². The van der Waals surface area contributed by atoms with Crippen LogP contribution in [-0.4, -0.2) is 33.1 Å². The predicted octanol–water partition coefficient (Wildman–Crippen LogP) is 2.68. The summed E-state index contributed by atoms with van der Waals surface area (Å²) in [6, 6.07) is 5.75. The van der Waals surface area contributed by atoms with Crippen LogP contribution in [0.5, 0.6) is 0 Å². The van der Waals surface area contributed by atoms with Crippen LogP contribution in [0, 0.1) is 0 Å². The number of fused-ring (bicyclic) bond motifs is 1. The number of imidazole rings is 1. The number of carbonyl (C=O) groups excluding carboxylic acids is 1. The summed E-state index contributed by atoms with van der Waals surface area (Å²) in [7, 11) is 1.30. The Morgan fingerprint density at radius 3 is 3.05 bits per heavy atom. The third-order valence-corrected chi connectivity index (χ3v) is 3.53. The highest BCUT2D eigenvalue weighted by molar-refractivity contribution is 7.99. The van der Waals surface area contributed by atoms with E-state index in [0.29, 0.717) is 5.95 Å². The van der Waals surface area contributed by atoms with Gasteiger partial charge in [0.25, 0.3) is 0 Å². The van der Waals surface area contributed by atoms with Gasteiger partial charge >= 0.3 is 6.09 Å². The largest absolute Gasteiger partial charge is 0.453 e. The van der Waals surface area contributed by atoms with Crippen molar-refractivity contribution in [3.05, 3.63) is 36.8 Å². The van der Waals surface area contributed by atoms with Gasteiger partial charge in [-0.2, -0.15) is 0 Å². The molecule has 0 atom stereocenters. The molecule has 106 valence electrons. The van der Waals surface area contributed by atoms with E-state index in [1.165, 1.54) is 18.9 Å². The zero-order valence-electron chi connectivity index (χ0n) is 11.0. The van der Waals surface area contributed by atoms with Crippen LogP contribution in [0.4, 0.5) is 10.7 Å². The fourth-order valence-corrected chi connectivity index (χ4v) is 2.49. The number of aromatic nitrogens is 4. The summed E-state index contributed by atoms with van der Waals surface area (Å²) >= 11 is 1.49. The number of hydrogen-bond acceptors (Lipinski definition) is 6. The lowest BCUT2D eigenvalue weighted by molar-refractivity contribution is 0.186. The Kier molecular flexibility index (Phi) is 3.69. The molecule has 7 nitrogen and oxygen atoms in total. The van der Waals surface area contributed by atoms with Gasteiger partial charge in [0, 0.05) is 17.3 Å². The highest BCUT2D eigenvalue weighted by Gasteiger charge is 2.08. The Hall–Kier alpha value is -2.61. The lowest BCUT2D eigenvalue weighted by Gasteiger charge is -1.99. The first kappa shape index (κ1) is 13.4. The molecule has 0 aliphatic rings. The average molecular weight is 301 g/mol. The number of methoxy groups -OCH3 is 1. The lowest BCUT2D eigenvalue weighted by atomic mass is 10.3. The second-order valence-electron chi connectivity index (χ2n) is 4.03. The summed E-state index contributed by atoms with van der Waals surface area (Å²) in [6.07, 6.45) is 4.41. The first-order chi connectivity index (χ1) is 10.2. The SMILES string of the molecule is COC(=O)Nc1nc2cc(Sc3cnccn3)ccc2[nH]1. The van der Waals surface area contributed by atoms with Gasteiger partial charge in [0.1, 0.15) is 5.03 Å². The molecule has 1 amide bonds. The molecule has 2 aromatic heterocycles. The van der Waals surface area contributed by atoms with E-state index in [9.17, 15) is 4.79 Å². The average Bonchev–Trinajstić information content (AvgIpc) is 2.89. The first-order valence-corrected chi connectivity index (χ1v) is 6.85. The van der Waals surface area contributed by atoms with Crippen molar-refractivity contribution in [2.75, 3.05) is 12.4 Å². The maximum absolute atomic E-state index is 11.2. The molecule has 1 aromatic carbocycles. The Bertz CT molecular complexity index is 775. The molecule has 3 rings (SSSR count). The molecular formula is C13H11N5O2S. The first-order valence-electron chi connectivity index (χ1n) is 6.03. The summed E-state index contributed by atoms with van der Waals surface area (Å²) in [5.74, 6) is 0.346. The quantitative estimate of drug-likeness (QED) is 0.772. The van der Waals surface area contributed by atoms with Crippen LogP contribution in [0.1, 0.15) is 0 Å². The summed E-state index contributed by atoms with van der Waals surface area (Å²) in [5, 5.41) is 3.30. The lowest BCUT2D eigenvalue weighted by Crippen LogP contribution is -2.11. The number of ether oxygens (including phenoxy) is 1. The topological polar surface area (TPSA) is 92.8 Å². The monoisotopic (exact) mass is 301 g/mol. The molecule has 0 saturated heterocycles. The Morgan fingerprint density at radius 1 is 1.38 bits per heavy atom. The number of amides is 1. The number of H-pyrrole nitrogens is 1. The van der Waals surface area contributed by atoms with Gasteiger partial charge in [-0.1, -0.05) is 11.8 Å². The minimum atomic E-state index is -0.566. The Labute approximate surface area is 124 Å². The number of nitrogens with zero attached hydrogens (tertiary/aromatic N) is 3. The molecule has 0 spiro atoms. The molecule has 0 radical (unpaired) electrons. The Morgan fingerprint density at radius 2 is 2.29 bits per heavy atom. The van der Waals surface area contributed by atoms with Crippen LogP contribution in [0.15, 0.2) is 46.7 Å². The third kappa shape index (κ3) is 3.11. The van der Waals surface area contributed by atoms with E-state index in [1.807, 2.05) is 18.2 Å². The second-order valence-corrected chi connectivity index (χ2v) is 5.12. The van der Waals surface area contributed by atoms with Crippen LogP contribution >= 0.6 is 11.8 Å². The number of rotatable bonds is 3. The maximum Gasteiger partial charge on any atom is 0.413 e. The summed E-state index contributed by atoms with van der Waals surface area (Å²) < 4.78 is 4.52. The predicted molar refractivity (Wildman–Crippen MR) is 78.3 cm³/mol. The molecule has 2 heterocycles. The molecule has 0 unspecified atom stereocenters. The van der Waals surface area contributed by atoms with E-state index in [4.69, 9.17) is 0 Å². The van der Waals surface area contributed by atoms with Gasteiger partial charge in [-0.15, -0.1) is 0 Å². The smallest absolute Gasteiger partial charge is 0.413 e. The number of carbonyl (C=O) groups is 1. The highest BCUT2D eigenvalue weighted by Crippen LogP contribution is 2.28. The van der Waals surface area contributed by atoms with Crippen molar-refractivity contribution in [2.45, 2.75) is 9.92 Å². The summed E-state index contributed by atoms with van der Waals surface area (Å²) in [4.78, 5) is 27.6. The number of hydrogen-bond donors (Lipinski definition) is 2. The third-order valence-electron chi connectivity index (χ3n) is 2.62. The minimum Gasteiger partial charge on any atom is -0.453 e. The molecule has 21 heavy (non-hydrogen) atoms. The van der Waals surface area contributed by atoms with Gasteiger partial charge < -0.3 is 9.72 Å². The number of benzene rings is 1.